The van der Waals surface area contributed by atoms with Crippen molar-refractivity contribution in [3.63, 3.8) is 0 Å². The van der Waals surface area contributed by atoms with Crippen molar-refractivity contribution in [3.05, 3.63) is 16.1 Å². The summed E-state index contributed by atoms with van der Waals surface area (Å²) in [4.78, 5) is 26.4. The third kappa shape index (κ3) is 3.27. The molecular weight excluding hydrogens is 254 g/mol. The predicted octanol–water partition coefficient (Wildman–Crippen LogP) is 0.600. The lowest BCUT2D eigenvalue weighted by Crippen LogP contribution is -2.46. The van der Waals surface area contributed by atoms with Gasteiger partial charge in [0, 0.05) is 5.38 Å². The molecule has 1 aromatic heterocycles. The molecule has 18 heavy (non-hydrogen) atoms. The molecule has 0 radical (unpaired) electrons. The van der Waals surface area contributed by atoms with E-state index in [2.05, 4.69) is 15.6 Å². The number of carboxylic acid groups (broad SMARTS) is 1. The molecule has 7 heteroatoms. The van der Waals surface area contributed by atoms with Crippen molar-refractivity contribution in [1.29, 1.82) is 0 Å². The number of piperidine rings is 1. The van der Waals surface area contributed by atoms with Crippen molar-refractivity contribution in [2.24, 2.45) is 0 Å². The first-order valence-electron chi connectivity index (χ1n) is 5.85. The summed E-state index contributed by atoms with van der Waals surface area (Å²) < 4.78 is 0. The van der Waals surface area contributed by atoms with Crippen LogP contribution in [0.2, 0.25) is 0 Å². The second kappa shape index (κ2) is 5.92. The zero-order valence-corrected chi connectivity index (χ0v) is 10.6. The molecule has 6 nitrogen and oxygen atoms in total. The summed E-state index contributed by atoms with van der Waals surface area (Å²) in [5, 5.41) is 16.7. The Morgan fingerprint density at radius 2 is 2.39 bits per heavy atom. The SMILES string of the molecule is O=C(O)c1csc(CNC(=O)[C@H]2CCCCN2)n1. The average Bonchev–Trinajstić information content (AvgIpc) is 2.86. The molecule has 1 saturated heterocycles. The molecule has 3 N–H and O–H groups in total. The first-order valence-corrected chi connectivity index (χ1v) is 6.73. The van der Waals surface area contributed by atoms with Gasteiger partial charge in [0.25, 0.3) is 0 Å². The smallest absolute Gasteiger partial charge is 0.355 e. The van der Waals surface area contributed by atoms with Crippen LogP contribution in [0.15, 0.2) is 5.38 Å². The minimum atomic E-state index is -1.04. The van der Waals surface area contributed by atoms with E-state index >= 15 is 0 Å². The molecule has 1 amide bonds. The van der Waals surface area contributed by atoms with E-state index in [0.717, 1.165) is 25.8 Å². The Morgan fingerprint density at radius 1 is 1.56 bits per heavy atom. The van der Waals surface area contributed by atoms with Crippen LogP contribution in [0.4, 0.5) is 0 Å². The highest BCUT2D eigenvalue weighted by molar-refractivity contribution is 7.09. The van der Waals surface area contributed by atoms with Crippen molar-refractivity contribution < 1.29 is 14.7 Å². The van der Waals surface area contributed by atoms with Crippen LogP contribution < -0.4 is 10.6 Å². The maximum atomic E-state index is 11.8. The number of amides is 1. The molecule has 1 atom stereocenters. The fourth-order valence-electron chi connectivity index (χ4n) is 1.85. The highest BCUT2D eigenvalue weighted by Crippen LogP contribution is 2.10. The van der Waals surface area contributed by atoms with Gasteiger partial charge in [-0.3, -0.25) is 4.79 Å². The zero-order valence-electron chi connectivity index (χ0n) is 9.81. The van der Waals surface area contributed by atoms with Crippen molar-refractivity contribution >= 4 is 23.2 Å². The van der Waals surface area contributed by atoms with Crippen LogP contribution in [0.25, 0.3) is 0 Å². The Kier molecular flexibility index (Phi) is 4.27. The van der Waals surface area contributed by atoms with Crippen LogP contribution in [0, 0.1) is 0 Å². The van der Waals surface area contributed by atoms with Gasteiger partial charge in [0.1, 0.15) is 5.01 Å². The van der Waals surface area contributed by atoms with Gasteiger partial charge in [-0.25, -0.2) is 9.78 Å². The van der Waals surface area contributed by atoms with Crippen LogP contribution in [0.1, 0.15) is 34.8 Å². The van der Waals surface area contributed by atoms with Crippen LogP contribution in [-0.2, 0) is 11.3 Å². The molecule has 0 bridgehead atoms. The lowest BCUT2D eigenvalue weighted by molar-refractivity contribution is -0.123. The summed E-state index contributed by atoms with van der Waals surface area (Å²) in [6.07, 6.45) is 3.02. The van der Waals surface area contributed by atoms with Crippen LogP contribution in [0.3, 0.4) is 0 Å². The fourth-order valence-corrected chi connectivity index (χ4v) is 2.56. The number of carbonyl (C=O) groups is 2. The number of rotatable bonds is 4. The molecule has 0 aromatic carbocycles. The number of thiazole rings is 1. The molecule has 2 heterocycles. The standard InChI is InChI=1S/C11H15N3O3S/c15-10(7-3-1-2-4-12-7)13-5-9-14-8(6-18-9)11(16)17/h6-7,12H,1-5H2,(H,13,15)(H,16,17)/t7-/m1/s1. The van der Waals surface area contributed by atoms with Gasteiger partial charge in [-0.2, -0.15) is 0 Å². The van der Waals surface area contributed by atoms with Crippen LogP contribution >= 0.6 is 11.3 Å². The Hall–Kier alpha value is -1.47. The van der Waals surface area contributed by atoms with Gasteiger partial charge >= 0.3 is 5.97 Å². The molecule has 98 valence electrons. The molecule has 1 fully saturated rings. The minimum Gasteiger partial charge on any atom is -0.476 e. The summed E-state index contributed by atoms with van der Waals surface area (Å²) in [6.45, 7) is 1.16. The van der Waals surface area contributed by atoms with Gasteiger partial charge in [-0.1, -0.05) is 6.42 Å². The van der Waals surface area contributed by atoms with E-state index in [4.69, 9.17) is 5.11 Å². The largest absolute Gasteiger partial charge is 0.476 e. The van der Waals surface area contributed by atoms with Gasteiger partial charge < -0.3 is 15.7 Å². The summed E-state index contributed by atoms with van der Waals surface area (Å²) >= 11 is 1.24. The third-order valence-corrected chi connectivity index (χ3v) is 3.66. The van der Waals surface area contributed by atoms with E-state index in [0.29, 0.717) is 5.01 Å². The molecular formula is C11H15N3O3S. The topological polar surface area (TPSA) is 91.3 Å². The Bertz CT molecular complexity index is 440. The zero-order chi connectivity index (χ0) is 13.0. The summed E-state index contributed by atoms with van der Waals surface area (Å²) in [7, 11) is 0. The highest BCUT2D eigenvalue weighted by Gasteiger charge is 2.20. The number of carboxylic acids is 1. The maximum absolute atomic E-state index is 11.8. The van der Waals surface area contributed by atoms with E-state index < -0.39 is 5.97 Å². The van der Waals surface area contributed by atoms with Crippen molar-refractivity contribution in [2.75, 3.05) is 6.54 Å². The number of carbonyl (C=O) groups excluding carboxylic acids is 1. The molecule has 0 saturated carbocycles. The molecule has 2 rings (SSSR count). The molecule has 0 unspecified atom stereocenters. The van der Waals surface area contributed by atoms with Crippen molar-refractivity contribution in [2.45, 2.75) is 31.8 Å². The number of nitrogens with zero attached hydrogens (tertiary/aromatic N) is 1. The number of hydrogen-bond donors (Lipinski definition) is 3. The molecule has 1 aliphatic heterocycles. The summed E-state index contributed by atoms with van der Waals surface area (Å²) in [6, 6.07) is -0.127. The normalized spacial score (nSPS) is 19.4. The Morgan fingerprint density at radius 3 is 3.00 bits per heavy atom. The minimum absolute atomic E-state index is 0.0278. The first-order chi connectivity index (χ1) is 8.66. The molecule has 1 aliphatic rings. The van der Waals surface area contributed by atoms with E-state index in [1.807, 2.05) is 0 Å². The van der Waals surface area contributed by atoms with Gasteiger partial charge in [-0.15, -0.1) is 11.3 Å². The van der Waals surface area contributed by atoms with Gasteiger partial charge in [0.05, 0.1) is 12.6 Å². The third-order valence-electron chi connectivity index (χ3n) is 2.81. The second-order valence-electron chi connectivity index (χ2n) is 4.15. The van der Waals surface area contributed by atoms with E-state index in [-0.39, 0.29) is 24.2 Å². The predicted molar refractivity (Wildman–Crippen MR) is 66.6 cm³/mol. The van der Waals surface area contributed by atoms with Crippen LogP contribution in [0.5, 0.6) is 0 Å². The van der Waals surface area contributed by atoms with Gasteiger partial charge in [-0.05, 0) is 19.4 Å². The van der Waals surface area contributed by atoms with Crippen molar-refractivity contribution in [1.82, 2.24) is 15.6 Å². The Labute approximate surface area is 108 Å². The summed E-state index contributed by atoms with van der Waals surface area (Å²) in [5.41, 5.74) is 0.0278. The first kappa shape index (κ1) is 13.0. The second-order valence-corrected chi connectivity index (χ2v) is 5.09. The van der Waals surface area contributed by atoms with E-state index in [9.17, 15) is 9.59 Å². The molecule has 1 aromatic rings. The van der Waals surface area contributed by atoms with Crippen molar-refractivity contribution in [3.8, 4) is 0 Å². The van der Waals surface area contributed by atoms with Gasteiger partial charge in [0.15, 0.2) is 5.69 Å². The average molecular weight is 269 g/mol. The molecule has 0 spiro atoms. The Balaban J connectivity index is 1.82. The number of nitrogens with one attached hydrogen (secondary N) is 2. The molecule has 0 aliphatic carbocycles. The number of aromatic nitrogens is 1. The monoisotopic (exact) mass is 269 g/mol. The highest BCUT2D eigenvalue weighted by atomic mass is 32.1. The summed E-state index contributed by atoms with van der Waals surface area (Å²) in [5.74, 6) is -1.08. The van der Waals surface area contributed by atoms with Gasteiger partial charge in [0.2, 0.25) is 5.91 Å². The number of hydrogen-bond acceptors (Lipinski definition) is 5. The van der Waals surface area contributed by atoms with E-state index in [1.54, 1.807) is 0 Å². The fraction of sp³-hybridized carbons (Fsp3) is 0.545. The lowest BCUT2D eigenvalue weighted by Gasteiger charge is -2.22. The lowest BCUT2D eigenvalue weighted by atomic mass is 10.0. The van der Waals surface area contributed by atoms with E-state index in [1.165, 1.54) is 16.7 Å². The van der Waals surface area contributed by atoms with Crippen LogP contribution in [-0.4, -0.2) is 34.6 Å². The quantitative estimate of drug-likeness (QED) is 0.744. The maximum Gasteiger partial charge on any atom is 0.355 e. The number of aromatic carboxylic acids is 1.